The van der Waals surface area contributed by atoms with Gasteiger partial charge in [0.05, 0.1) is 23.2 Å². The highest BCUT2D eigenvalue weighted by molar-refractivity contribution is 7.85. The van der Waals surface area contributed by atoms with Crippen LogP contribution in [-0.4, -0.2) is 36.7 Å². The number of aromatic nitrogens is 2. The van der Waals surface area contributed by atoms with E-state index in [9.17, 15) is 13.8 Å². The number of aromatic amines is 1. The molecule has 0 amide bonds. The van der Waals surface area contributed by atoms with Crippen LogP contribution in [0.15, 0.2) is 21.9 Å². The third-order valence-electron chi connectivity index (χ3n) is 2.22. The molecular weight excluding hydrogens is 236 g/mol. The predicted molar refractivity (Wildman–Crippen MR) is 55.3 cm³/mol. The van der Waals surface area contributed by atoms with Gasteiger partial charge in [0, 0.05) is 12.3 Å². The first-order chi connectivity index (χ1) is 7.61. The molecule has 1 aliphatic rings. The van der Waals surface area contributed by atoms with E-state index in [1.165, 1.54) is 12.3 Å². The fraction of sp³-hybridized carbons (Fsp3) is 0.500. The van der Waals surface area contributed by atoms with Gasteiger partial charge in [0.1, 0.15) is 0 Å². The minimum atomic E-state index is -1.33. The molecule has 16 heavy (non-hydrogen) atoms. The van der Waals surface area contributed by atoms with Crippen LogP contribution in [0.4, 0.5) is 0 Å². The molecule has 0 unspecified atom stereocenters. The molecule has 1 saturated heterocycles. The number of nitrogens with zero attached hydrogens (tertiary/aromatic N) is 1. The number of aliphatic hydroxyl groups excluding tert-OH is 1. The van der Waals surface area contributed by atoms with Crippen molar-refractivity contribution in [3.63, 3.8) is 0 Å². The topological polar surface area (TPSA) is 101 Å². The van der Waals surface area contributed by atoms with Crippen LogP contribution in [0.2, 0.25) is 0 Å². The summed E-state index contributed by atoms with van der Waals surface area (Å²) < 4.78 is 17.8. The summed E-state index contributed by atoms with van der Waals surface area (Å²) in [7, 11) is -1.33. The molecule has 2 heterocycles. The summed E-state index contributed by atoms with van der Waals surface area (Å²) in [6.07, 6.45) is 0.574. The van der Waals surface area contributed by atoms with E-state index in [1.54, 1.807) is 0 Å². The fourth-order valence-electron chi connectivity index (χ4n) is 1.45. The lowest BCUT2D eigenvalue weighted by molar-refractivity contribution is -0.00714. The Bertz CT molecular complexity index is 522. The molecule has 1 fully saturated rings. The molecular formula is C8H10N2O5S. The van der Waals surface area contributed by atoms with E-state index in [1.807, 2.05) is 0 Å². The Labute approximate surface area is 92.1 Å². The minimum Gasteiger partial charge on any atom is -0.393 e. The zero-order valence-corrected chi connectivity index (χ0v) is 8.98. The van der Waals surface area contributed by atoms with Gasteiger partial charge in [0.15, 0.2) is 11.7 Å². The molecule has 0 aromatic carbocycles. The molecule has 1 aliphatic heterocycles. The van der Waals surface area contributed by atoms with Crippen LogP contribution in [0.1, 0.15) is 6.23 Å². The van der Waals surface area contributed by atoms with Crippen LogP contribution in [0.25, 0.3) is 0 Å². The van der Waals surface area contributed by atoms with Gasteiger partial charge in [0.2, 0.25) is 0 Å². The Morgan fingerprint density at radius 1 is 1.62 bits per heavy atom. The number of hydrogen-bond acceptors (Lipinski definition) is 5. The molecule has 1 aromatic heterocycles. The van der Waals surface area contributed by atoms with Crippen molar-refractivity contribution >= 4 is 10.8 Å². The Kier molecular flexibility index (Phi) is 3.03. The van der Waals surface area contributed by atoms with Crippen LogP contribution >= 0.6 is 0 Å². The van der Waals surface area contributed by atoms with Crippen LogP contribution in [0, 0.1) is 0 Å². The SMILES string of the molecule is O=c1ccn([C@@H]2C[S@@](=O)[C@H](CO)O2)c(=O)[nH]1. The maximum atomic E-state index is 11.4. The molecule has 0 radical (unpaired) electrons. The van der Waals surface area contributed by atoms with Gasteiger partial charge in [-0.05, 0) is 0 Å². The Hall–Kier alpha value is -1.25. The average Bonchev–Trinajstić information content (AvgIpc) is 2.59. The maximum absolute atomic E-state index is 11.4. The average molecular weight is 246 g/mol. The number of nitrogens with one attached hydrogen (secondary N) is 1. The first-order valence-corrected chi connectivity index (χ1v) is 5.95. The lowest BCUT2D eigenvalue weighted by Gasteiger charge is -2.12. The molecule has 0 saturated carbocycles. The Morgan fingerprint density at radius 3 is 2.94 bits per heavy atom. The van der Waals surface area contributed by atoms with E-state index < -0.39 is 33.7 Å². The lowest BCUT2D eigenvalue weighted by atomic mass is 10.5. The zero-order valence-electron chi connectivity index (χ0n) is 8.16. The van der Waals surface area contributed by atoms with Gasteiger partial charge in [-0.1, -0.05) is 0 Å². The number of aliphatic hydroxyl groups is 1. The number of hydrogen-bond donors (Lipinski definition) is 2. The van der Waals surface area contributed by atoms with E-state index in [2.05, 4.69) is 4.98 Å². The third-order valence-corrected chi connectivity index (χ3v) is 3.68. The van der Waals surface area contributed by atoms with Crippen LogP contribution in [0.3, 0.4) is 0 Å². The molecule has 88 valence electrons. The highest BCUT2D eigenvalue weighted by Gasteiger charge is 2.33. The van der Waals surface area contributed by atoms with Crippen molar-refractivity contribution in [3.8, 4) is 0 Å². The minimum absolute atomic E-state index is 0.122. The molecule has 3 atom stereocenters. The first-order valence-electron chi connectivity index (χ1n) is 4.57. The second kappa shape index (κ2) is 4.32. The standard InChI is InChI=1S/C8H10N2O5S/c11-3-7-15-6(4-16(7)14)10-2-1-5(12)9-8(10)13/h1-2,6-7,11H,3-4H2,(H,9,12,13)/t6-,7+,16+/m0/s1. The summed E-state index contributed by atoms with van der Waals surface area (Å²) >= 11 is 0. The normalized spacial score (nSPS) is 29.4. The highest BCUT2D eigenvalue weighted by atomic mass is 32.2. The highest BCUT2D eigenvalue weighted by Crippen LogP contribution is 2.21. The van der Waals surface area contributed by atoms with E-state index >= 15 is 0 Å². The fourth-order valence-corrected chi connectivity index (χ4v) is 2.60. The van der Waals surface area contributed by atoms with E-state index in [-0.39, 0.29) is 12.4 Å². The first kappa shape index (κ1) is 11.2. The lowest BCUT2D eigenvalue weighted by Crippen LogP contribution is -2.32. The number of ether oxygens (including phenoxy) is 1. The smallest absolute Gasteiger partial charge is 0.330 e. The molecule has 1 aromatic rings. The summed E-state index contributed by atoms with van der Waals surface area (Å²) in [6, 6.07) is 1.18. The predicted octanol–water partition coefficient (Wildman–Crippen LogP) is -1.87. The van der Waals surface area contributed by atoms with E-state index in [4.69, 9.17) is 9.84 Å². The van der Waals surface area contributed by atoms with Gasteiger partial charge in [-0.15, -0.1) is 0 Å². The van der Waals surface area contributed by atoms with Crippen molar-refractivity contribution in [2.24, 2.45) is 0 Å². The van der Waals surface area contributed by atoms with Crippen molar-refractivity contribution < 1.29 is 14.1 Å². The van der Waals surface area contributed by atoms with Gasteiger partial charge in [-0.3, -0.25) is 18.6 Å². The summed E-state index contributed by atoms with van der Waals surface area (Å²) in [5.41, 5.74) is -1.89. The van der Waals surface area contributed by atoms with Gasteiger partial charge >= 0.3 is 5.69 Å². The number of H-pyrrole nitrogens is 1. The quantitative estimate of drug-likeness (QED) is 0.636. The van der Waals surface area contributed by atoms with Crippen molar-refractivity contribution in [1.29, 1.82) is 0 Å². The van der Waals surface area contributed by atoms with Crippen molar-refractivity contribution in [1.82, 2.24) is 9.55 Å². The Balaban J connectivity index is 2.30. The second-order valence-corrected chi connectivity index (χ2v) is 4.89. The summed E-state index contributed by atoms with van der Waals surface area (Å²) in [5.74, 6) is 0.122. The van der Waals surface area contributed by atoms with E-state index in [0.29, 0.717) is 0 Å². The van der Waals surface area contributed by atoms with Crippen molar-refractivity contribution in [2.75, 3.05) is 12.4 Å². The summed E-state index contributed by atoms with van der Waals surface area (Å²) in [5, 5.41) is 8.85. The van der Waals surface area contributed by atoms with Crippen LogP contribution in [0.5, 0.6) is 0 Å². The second-order valence-electron chi connectivity index (χ2n) is 3.27. The maximum Gasteiger partial charge on any atom is 0.330 e. The zero-order chi connectivity index (χ0) is 11.7. The monoisotopic (exact) mass is 246 g/mol. The van der Waals surface area contributed by atoms with Gasteiger partial charge in [0.25, 0.3) is 5.56 Å². The molecule has 2 rings (SSSR count). The van der Waals surface area contributed by atoms with Crippen LogP contribution in [-0.2, 0) is 15.5 Å². The third kappa shape index (κ3) is 1.99. The Morgan fingerprint density at radius 2 is 2.38 bits per heavy atom. The van der Waals surface area contributed by atoms with Crippen molar-refractivity contribution in [2.45, 2.75) is 11.7 Å². The molecule has 0 aliphatic carbocycles. The number of rotatable bonds is 2. The van der Waals surface area contributed by atoms with Gasteiger partial charge < -0.3 is 9.84 Å². The molecule has 2 N–H and O–H groups in total. The summed E-state index contributed by atoms with van der Waals surface area (Å²) in [6.45, 7) is -0.360. The largest absolute Gasteiger partial charge is 0.393 e. The van der Waals surface area contributed by atoms with Crippen LogP contribution < -0.4 is 11.2 Å². The molecule has 0 bridgehead atoms. The van der Waals surface area contributed by atoms with Gasteiger partial charge in [-0.2, -0.15) is 0 Å². The molecule has 7 nitrogen and oxygen atoms in total. The molecule has 0 spiro atoms. The van der Waals surface area contributed by atoms with E-state index in [0.717, 1.165) is 4.57 Å². The summed E-state index contributed by atoms with van der Waals surface area (Å²) in [4.78, 5) is 24.3. The van der Waals surface area contributed by atoms with Gasteiger partial charge in [-0.25, -0.2) is 4.79 Å². The van der Waals surface area contributed by atoms with Crippen molar-refractivity contribution in [3.05, 3.63) is 33.1 Å². The molecule has 8 heteroatoms.